The maximum absolute atomic E-state index is 12.8. The number of pyridine rings is 1. The summed E-state index contributed by atoms with van der Waals surface area (Å²) in [5.74, 6) is 1.000. The number of likely N-dealkylation sites (tertiary alicyclic amines) is 1. The summed E-state index contributed by atoms with van der Waals surface area (Å²) >= 11 is 0. The summed E-state index contributed by atoms with van der Waals surface area (Å²) in [5, 5.41) is 13.0. The van der Waals surface area contributed by atoms with Crippen molar-refractivity contribution in [2.24, 2.45) is 0 Å². The standard InChI is InChI=1S/C28H32N6O2/c1-19(28(36)31-26-17-24(32-33-26)20-9-10-20)21-6-4-7-22(16-21)23-11-12-25(29-18-23)30-27(35)8-5-15-34-13-2-3-14-34/h4-8,11-12,16-20H,2-3,9-10,13-15H2,1H3,(H,29,30,35)(H2,31,32,33,36)/b8-5+/t19-/m0/s1. The molecule has 36 heavy (non-hydrogen) atoms. The number of hydrogen-bond donors (Lipinski definition) is 3. The number of benzene rings is 1. The highest BCUT2D eigenvalue weighted by Crippen LogP contribution is 2.39. The van der Waals surface area contributed by atoms with Gasteiger partial charge in [0.1, 0.15) is 5.82 Å². The molecule has 2 amide bonds. The smallest absolute Gasteiger partial charge is 0.249 e. The van der Waals surface area contributed by atoms with Crippen molar-refractivity contribution in [2.75, 3.05) is 30.3 Å². The largest absolute Gasteiger partial charge is 0.309 e. The molecule has 0 radical (unpaired) electrons. The lowest BCUT2D eigenvalue weighted by atomic mass is 9.96. The van der Waals surface area contributed by atoms with Crippen LogP contribution in [0.4, 0.5) is 11.6 Å². The van der Waals surface area contributed by atoms with E-state index >= 15 is 0 Å². The first-order chi connectivity index (χ1) is 17.5. The van der Waals surface area contributed by atoms with Gasteiger partial charge in [0, 0.05) is 42.1 Å². The fourth-order valence-corrected chi connectivity index (χ4v) is 4.46. The first kappa shape index (κ1) is 23.9. The van der Waals surface area contributed by atoms with Crippen molar-refractivity contribution in [2.45, 2.75) is 44.4 Å². The number of carbonyl (C=O) groups excluding carboxylic acids is 2. The molecule has 186 valence electrons. The van der Waals surface area contributed by atoms with E-state index in [1.807, 2.05) is 49.4 Å². The van der Waals surface area contributed by atoms with Crippen LogP contribution in [0.2, 0.25) is 0 Å². The fraction of sp³-hybridized carbons (Fsp3) is 0.357. The summed E-state index contributed by atoms with van der Waals surface area (Å²) in [4.78, 5) is 31.8. The molecule has 0 bridgehead atoms. The average molecular weight is 485 g/mol. The topological polar surface area (TPSA) is 103 Å². The third kappa shape index (κ3) is 6.07. The van der Waals surface area contributed by atoms with Crippen molar-refractivity contribution in [3.05, 3.63) is 72.1 Å². The number of hydrogen-bond acceptors (Lipinski definition) is 5. The SMILES string of the molecule is C[C@H](C(=O)Nc1cc(C2CC2)[nH]n1)c1cccc(-c2ccc(NC(=O)/C=C/CN3CCCC3)nc2)c1. The molecule has 8 nitrogen and oxygen atoms in total. The van der Waals surface area contributed by atoms with Crippen molar-refractivity contribution >= 4 is 23.5 Å². The zero-order valence-electron chi connectivity index (χ0n) is 20.5. The number of nitrogens with one attached hydrogen (secondary N) is 3. The highest BCUT2D eigenvalue weighted by atomic mass is 16.2. The molecule has 3 heterocycles. The normalized spacial score (nSPS) is 16.8. The molecule has 1 aromatic carbocycles. The van der Waals surface area contributed by atoms with Gasteiger partial charge in [-0.05, 0) is 69.0 Å². The van der Waals surface area contributed by atoms with Crippen molar-refractivity contribution in [3.8, 4) is 11.1 Å². The van der Waals surface area contributed by atoms with Crippen LogP contribution in [0.3, 0.4) is 0 Å². The maximum atomic E-state index is 12.8. The molecule has 1 aliphatic heterocycles. The number of nitrogens with zero attached hydrogens (tertiary/aromatic N) is 3. The van der Waals surface area contributed by atoms with Gasteiger partial charge in [-0.25, -0.2) is 4.98 Å². The minimum atomic E-state index is -0.343. The summed E-state index contributed by atoms with van der Waals surface area (Å²) in [6.07, 6.45) is 10.0. The Bertz CT molecular complexity index is 1240. The quantitative estimate of drug-likeness (QED) is 0.383. The molecular formula is C28H32N6O2. The summed E-state index contributed by atoms with van der Waals surface area (Å²) in [5.41, 5.74) is 3.86. The van der Waals surface area contributed by atoms with Crippen LogP contribution in [0.15, 0.2) is 60.8 Å². The maximum Gasteiger partial charge on any atom is 0.249 e. The molecule has 0 spiro atoms. The van der Waals surface area contributed by atoms with Gasteiger partial charge in [0.25, 0.3) is 0 Å². The number of aromatic amines is 1. The van der Waals surface area contributed by atoms with Gasteiger partial charge in [-0.2, -0.15) is 5.10 Å². The van der Waals surface area contributed by atoms with Gasteiger partial charge >= 0.3 is 0 Å². The molecule has 3 aromatic rings. The third-order valence-electron chi connectivity index (χ3n) is 6.83. The summed E-state index contributed by atoms with van der Waals surface area (Å²) in [7, 11) is 0. The van der Waals surface area contributed by atoms with E-state index in [4.69, 9.17) is 0 Å². The molecule has 0 unspecified atom stereocenters. The Morgan fingerprint density at radius 1 is 1.08 bits per heavy atom. The highest BCUT2D eigenvalue weighted by molar-refractivity contribution is 5.98. The minimum Gasteiger partial charge on any atom is -0.309 e. The third-order valence-corrected chi connectivity index (χ3v) is 6.83. The van der Waals surface area contributed by atoms with Crippen LogP contribution in [0, 0.1) is 0 Å². The molecule has 1 saturated carbocycles. The first-order valence-corrected chi connectivity index (χ1v) is 12.7. The van der Waals surface area contributed by atoms with Crippen LogP contribution in [-0.4, -0.2) is 51.5 Å². The van der Waals surface area contributed by atoms with Crippen LogP contribution >= 0.6 is 0 Å². The number of anilines is 2. The number of amides is 2. The lowest BCUT2D eigenvalue weighted by Crippen LogP contribution is -2.19. The van der Waals surface area contributed by atoms with Crippen LogP contribution in [0.25, 0.3) is 11.1 Å². The molecule has 2 aromatic heterocycles. The second-order valence-electron chi connectivity index (χ2n) is 9.65. The fourth-order valence-electron chi connectivity index (χ4n) is 4.46. The Morgan fingerprint density at radius 3 is 2.67 bits per heavy atom. The van der Waals surface area contributed by atoms with E-state index in [2.05, 4.69) is 30.7 Å². The molecule has 1 aliphatic carbocycles. The number of H-pyrrole nitrogens is 1. The Labute approximate surface area is 211 Å². The predicted octanol–water partition coefficient (Wildman–Crippen LogP) is 4.68. The first-order valence-electron chi connectivity index (χ1n) is 12.7. The van der Waals surface area contributed by atoms with Crippen molar-refractivity contribution < 1.29 is 9.59 Å². The van der Waals surface area contributed by atoms with Gasteiger partial charge in [0.2, 0.25) is 11.8 Å². The Morgan fingerprint density at radius 2 is 1.92 bits per heavy atom. The lowest BCUT2D eigenvalue weighted by Gasteiger charge is -2.13. The van der Waals surface area contributed by atoms with E-state index in [-0.39, 0.29) is 17.7 Å². The van der Waals surface area contributed by atoms with Crippen molar-refractivity contribution in [3.63, 3.8) is 0 Å². The van der Waals surface area contributed by atoms with Gasteiger partial charge in [-0.1, -0.05) is 30.3 Å². The predicted molar refractivity (Wildman–Crippen MR) is 141 cm³/mol. The molecular weight excluding hydrogens is 452 g/mol. The minimum absolute atomic E-state index is 0.102. The molecule has 8 heteroatoms. The zero-order chi connectivity index (χ0) is 24.9. The average Bonchev–Trinajstić information content (AvgIpc) is 3.41. The Balaban J connectivity index is 1.17. The van der Waals surface area contributed by atoms with E-state index in [1.165, 1.54) is 25.7 Å². The van der Waals surface area contributed by atoms with E-state index in [1.54, 1.807) is 18.3 Å². The van der Waals surface area contributed by atoms with Gasteiger partial charge in [0.05, 0.1) is 5.92 Å². The van der Waals surface area contributed by atoms with E-state index in [0.717, 1.165) is 42.0 Å². The Hall–Kier alpha value is -3.78. The van der Waals surface area contributed by atoms with Gasteiger partial charge in [-0.15, -0.1) is 0 Å². The summed E-state index contributed by atoms with van der Waals surface area (Å²) in [6.45, 7) is 4.89. The van der Waals surface area contributed by atoms with E-state index in [0.29, 0.717) is 17.6 Å². The van der Waals surface area contributed by atoms with Crippen LogP contribution in [0.5, 0.6) is 0 Å². The van der Waals surface area contributed by atoms with Crippen LogP contribution < -0.4 is 10.6 Å². The lowest BCUT2D eigenvalue weighted by molar-refractivity contribution is -0.117. The summed E-state index contributed by atoms with van der Waals surface area (Å²) in [6, 6.07) is 13.5. The van der Waals surface area contributed by atoms with Gasteiger partial charge in [0.15, 0.2) is 5.82 Å². The zero-order valence-corrected chi connectivity index (χ0v) is 20.5. The van der Waals surface area contributed by atoms with Crippen LogP contribution in [-0.2, 0) is 9.59 Å². The van der Waals surface area contributed by atoms with Crippen LogP contribution in [0.1, 0.15) is 55.7 Å². The van der Waals surface area contributed by atoms with Gasteiger partial charge in [-0.3, -0.25) is 19.6 Å². The van der Waals surface area contributed by atoms with Crippen molar-refractivity contribution in [1.29, 1.82) is 0 Å². The molecule has 3 N–H and O–H groups in total. The second kappa shape index (κ2) is 10.9. The molecule has 5 rings (SSSR count). The van der Waals surface area contributed by atoms with Crippen molar-refractivity contribution in [1.82, 2.24) is 20.1 Å². The van der Waals surface area contributed by atoms with E-state index < -0.39 is 0 Å². The number of carbonyl (C=O) groups is 2. The van der Waals surface area contributed by atoms with E-state index in [9.17, 15) is 9.59 Å². The summed E-state index contributed by atoms with van der Waals surface area (Å²) < 4.78 is 0. The molecule has 2 aliphatic rings. The number of aromatic nitrogens is 3. The van der Waals surface area contributed by atoms with Gasteiger partial charge < -0.3 is 10.6 Å². The second-order valence-corrected chi connectivity index (χ2v) is 9.65. The molecule has 1 saturated heterocycles. The monoisotopic (exact) mass is 484 g/mol. The highest BCUT2D eigenvalue weighted by Gasteiger charge is 2.26. The molecule has 1 atom stereocenters. The Kier molecular flexibility index (Phi) is 7.23. The molecule has 2 fully saturated rings. The number of rotatable bonds is 9.